The monoisotopic (exact) mass is 578 g/mol. The van der Waals surface area contributed by atoms with Gasteiger partial charge >= 0.3 is 0 Å². The van der Waals surface area contributed by atoms with Crippen LogP contribution in [-0.4, -0.2) is 55.7 Å². The van der Waals surface area contributed by atoms with Gasteiger partial charge in [0, 0.05) is 16.7 Å². The Morgan fingerprint density at radius 3 is 2.26 bits per heavy atom. The topological polar surface area (TPSA) is 184 Å². The van der Waals surface area contributed by atoms with Gasteiger partial charge in [-0.3, -0.25) is 14.4 Å². The zero-order chi connectivity index (χ0) is 31.3. The van der Waals surface area contributed by atoms with Crippen LogP contribution in [0.25, 0.3) is 11.1 Å². The molecule has 0 aromatic heterocycles. The molecule has 2 fully saturated rings. The van der Waals surface area contributed by atoms with Crippen molar-refractivity contribution in [3.8, 4) is 16.9 Å². The number of hydrogen-bond acceptors (Lipinski definition) is 8. The van der Waals surface area contributed by atoms with Crippen LogP contribution in [0.3, 0.4) is 0 Å². The molecular weight excluding hydrogens is 536 g/mol. The predicted molar refractivity (Wildman–Crippen MR) is 157 cm³/mol. The number of Topliss-reactive ketones (excluding diaryl/α,β-unsaturated/α-hetero) is 2. The van der Waals surface area contributed by atoms with E-state index in [4.69, 9.17) is 11.5 Å². The van der Waals surface area contributed by atoms with Crippen molar-refractivity contribution < 1.29 is 34.8 Å². The molecule has 2 saturated carbocycles. The number of benzene rings is 2. The maximum atomic E-state index is 14.5. The van der Waals surface area contributed by atoms with E-state index in [9.17, 15) is 34.8 Å². The number of hydrogen-bond donors (Lipinski definition) is 6. The molecule has 1 amide bonds. The Labute approximate surface area is 245 Å². The van der Waals surface area contributed by atoms with E-state index in [1.165, 1.54) is 0 Å². The number of carbonyl (C=O) groups is 3. The van der Waals surface area contributed by atoms with Gasteiger partial charge in [-0.25, -0.2) is 0 Å². The zero-order valence-electron chi connectivity index (χ0n) is 25.0. The number of aliphatic hydroxyl groups is 3. The predicted octanol–water partition coefficient (Wildman–Crippen LogP) is 2.95. The van der Waals surface area contributed by atoms with Crippen LogP contribution >= 0.6 is 0 Å². The molecule has 0 aliphatic heterocycles. The Balaban J connectivity index is 1.76. The van der Waals surface area contributed by atoms with Gasteiger partial charge < -0.3 is 31.9 Å². The third-order valence-electron chi connectivity index (χ3n) is 10.6. The second kappa shape index (κ2) is 9.62. The normalized spacial score (nSPS) is 36.0. The molecule has 2 unspecified atom stereocenters. The first-order valence-electron chi connectivity index (χ1n) is 14.6. The van der Waals surface area contributed by atoms with Crippen molar-refractivity contribution in [1.82, 2.24) is 0 Å². The Hall–Kier alpha value is -3.27. The number of amides is 1. The number of phenols is 1. The van der Waals surface area contributed by atoms with Crippen LogP contribution in [0.15, 0.2) is 30.3 Å². The SMILES string of the molecule is CC(C)c1cc(-c2cccc(N)c2)c(O)c2c1C[C@]1(C)C[C@]3(C)[C@@H](C(C)C)C(O)[C@@H](C(N)=O)C(=O)[C@]3(O)C(O)[C@H]1C2=O. The van der Waals surface area contributed by atoms with Crippen LogP contribution in [0.2, 0.25) is 0 Å². The molecule has 9 heteroatoms. The zero-order valence-corrected chi connectivity index (χ0v) is 25.0. The number of nitrogen functional groups attached to an aromatic ring is 1. The van der Waals surface area contributed by atoms with Crippen molar-refractivity contribution in [2.24, 2.45) is 40.2 Å². The number of phenolic OH excluding ortho intramolecular Hbond substituents is 1. The van der Waals surface area contributed by atoms with Gasteiger partial charge in [-0.15, -0.1) is 0 Å². The highest BCUT2D eigenvalue weighted by Crippen LogP contribution is 2.66. The highest BCUT2D eigenvalue weighted by atomic mass is 16.4. The van der Waals surface area contributed by atoms with Crippen molar-refractivity contribution in [2.45, 2.75) is 78.1 Å². The summed E-state index contributed by atoms with van der Waals surface area (Å²) in [6.45, 7) is 11.2. The Morgan fingerprint density at radius 2 is 1.71 bits per heavy atom. The average Bonchev–Trinajstić information content (AvgIpc) is 2.85. The largest absolute Gasteiger partial charge is 0.507 e. The summed E-state index contributed by atoms with van der Waals surface area (Å²) < 4.78 is 0. The minimum absolute atomic E-state index is 0.0223. The van der Waals surface area contributed by atoms with Gasteiger partial charge in [0.1, 0.15) is 17.8 Å². The van der Waals surface area contributed by atoms with Crippen molar-refractivity contribution >= 4 is 23.2 Å². The third-order valence-corrected chi connectivity index (χ3v) is 10.6. The molecule has 226 valence electrons. The number of anilines is 1. The number of ketones is 2. The fraction of sp³-hybridized carbons (Fsp3) is 0.545. The fourth-order valence-electron chi connectivity index (χ4n) is 9.07. The van der Waals surface area contributed by atoms with E-state index in [1.54, 1.807) is 31.2 Å². The lowest BCUT2D eigenvalue weighted by Gasteiger charge is -2.66. The third kappa shape index (κ3) is 3.82. The highest BCUT2D eigenvalue weighted by Gasteiger charge is 2.76. The molecule has 42 heavy (non-hydrogen) atoms. The first-order valence-corrected chi connectivity index (χ1v) is 14.6. The van der Waals surface area contributed by atoms with Gasteiger partial charge in [0.05, 0.1) is 17.6 Å². The lowest BCUT2D eigenvalue weighted by Crippen LogP contribution is -2.79. The van der Waals surface area contributed by atoms with E-state index in [0.29, 0.717) is 22.4 Å². The maximum Gasteiger partial charge on any atom is 0.230 e. The van der Waals surface area contributed by atoms with Crippen LogP contribution < -0.4 is 11.5 Å². The molecule has 5 rings (SSSR count). The molecule has 2 aromatic carbocycles. The maximum absolute atomic E-state index is 14.5. The molecule has 3 aliphatic carbocycles. The second-order valence-corrected chi connectivity index (χ2v) is 14.0. The average molecular weight is 579 g/mol. The standard InChI is InChI=1S/C33H42N2O7/c1-14(2)18-11-19(16-8-7-9-17(34)10-16)25(36)21-20(18)12-31(5)13-32(6)23(15(3)4)27(38)22(30(35)41)28(39)33(32,42)29(40)24(31)26(21)37/h7-11,14-15,22-24,27,29,36,38,40,42H,12-13,34H2,1-6H3,(H2,35,41)/t22-,23+,24-,27?,29?,31-,32-,33+/m1/s1. The Morgan fingerprint density at radius 1 is 1.07 bits per heavy atom. The first kappa shape index (κ1) is 30.2. The van der Waals surface area contributed by atoms with Crippen LogP contribution in [-0.2, 0) is 16.0 Å². The second-order valence-electron chi connectivity index (χ2n) is 14.0. The van der Waals surface area contributed by atoms with Crippen molar-refractivity contribution in [3.05, 3.63) is 47.0 Å². The summed E-state index contributed by atoms with van der Waals surface area (Å²) in [6.07, 6.45) is -2.98. The molecule has 2 aromatic rings. The summed E-state index contributed by atoms with van der Waals surface area (Å²) in [5, 5.41) is 47.2. The quantitative estimate of drug-likeness (QED) is 0.236. The Kier molecular flexibility index (Phi) is 6.92. The van der Waals surface area contributed by atoms with Crippen molar-refractivity contribution in [1.29, 1.82) is 0 Å². The molecule has 0 saturated heterocycles. The number of aliphatic hydroxyl groups excluding tert-OH is 2. The first-order chi connectivity index (χ1) is 19.4. The van der Waals surface area contributed by atoms with Gasteiger partial charge in [0.25, 0.3) is 0 Å². The molecule has 8 N–H and O–H groups in total. The highest BCUT2D eigenvalue weighted by molar-refractivity contribution is 6.10. The van der Waals surface area contributed by atoms with Gasteiger partial charge in [-0.05, 0) is 70.9 Å². The lowest BCUT2D eigenvalue weighted by atomic mass is 9.39. The molecular formula is C33H42N2O7. The lowest BCUT2D eigenvalue weighted by molar-refractivity contribution is -0.265. The number of aromatic hydroxyl groups is 1. The van der Waals surface area contributed by atoms with Crippen LogP contribution in [0.1, 0.15) is 75.4 Å². The van der Waals surface area contributed by atoms with Gasteiger partial charge in [-0.2, -0.15) is 0 Å². The van der Waals surface area contributed by atoms with Crippen LogP contribution in [0.5, 0.6) is 5.75 Å². The van der Waals surface area contributed by atoms with Crippen LogP contribution in [0, 0.1) is 34.5 Å². The number of primary amides is 1. The van der Waals surface area contributed by atoms with E-state index in [0.717, 1.165) is 5.56 Å². The molecule has 0 radical (unpaired) electrons. The van der Waals surface area contributed by atoms with E-state index >= 15 is 0 Å². The minimum Gasteiger partial charge on any atom is -0.507 e. The smallest absolute Gasteiger partial charge is 0.230 e. The molecule has 9 nitrogen and oxygen atoms in total. The molecule has 0 bridgehead atoms. The summed E-state index contributed by atoms with van der Waals surface area (Å²) in [5.74, 6) is -7.13. The summed E-state index contributed by atoms with van der Waals surface area (Å²) >= 11 is 0. The van der Waals surface area contributed by atoms with Crippen LogP contribution in [0.4, 0.5) is 5.69 Å². The fourth-order valence-corrected chi connectivity index (χ4v) is 9.07. The summed E-state index contributed by atoms with van der Waals surface area (Å²) in [6, 6.07) is 8.84. The summed E-state index contributed by atoms with van der Waals surface area (Å²) in [7, 11) is 0. The van der Waals surface area contributed by atoms with E-state index in [2.05, 4.69) is 0 Å². The van der Waals surface area contributed by atoms with Gasteiger partial charge in [0.15, 0.2) is 17.2 Å². The van der Waals surface area contributed by atoms with Gasteiger partial charge in [-0.1, -0.05) is 53.7 Å². The summed E-state index contributed by atoms with van der Waals surface area (Å²) in [5.41, 5.74) is 9.79. The van der Waals surface area contributed by atoms with E-state index in [1.807, 2.05) is 40.7 Å². The minimum atomic E-state index is -2.54. The van der Waals surface area contributed by atoms with Crippen molar-refractivity contribution in [3.63, 3.8) is 0 Å². The van der Waals surface area contributed by atoms with Crippen molar-refractivity contribution in [2.75, 3.05) is 5.73 Å². The number of carbonyl (C=O) groups excluding carboxylic acids is 3. The Bertz CT molecular complexity index is 1500. The molecule has 0 heterocycles. The number of rotatable bonds is 4. The molecule has 3 aliphatic rings. The van der Waals surface area contributed by atoms with Gasteiger partial charge in [0.2, 0.25) is 5.91 Å². The number of nitrogens with two attached hydrogens (primary N) is 2. The van der Waals surface area contributed by atoms with E-state index in [-0.39, 0.29) is 36.0 Å². The van der Waals surface area contributed by atoms with E-state index < -0.39 is 63.9 Å². The molecule has 8 atom stereocenters. The summed E-state index contributed by atoms with van der Waals surface area (Å²) in [4.78, 5) is 40.8. The number of fused-ring (bicyclic) bond motifs is 3. The molecule has 0 spiro atoms.